The summed E-state index contributed by atoms with van der Waals surface area (Å²) in [6.07, 6.45) is 0.926. The number of rotatable bonds is 5. The fourth-order valence-corrected chi connectivity index (χ4v) is 1.42. The third-order valence-corrected chi connectivity index (χ3v) is 2.00. The number of hydrogen-bond donors (Lipinski definition) is 0. The van der Waals surface area contributed by atoms with Crippen LogP contribution in [-0.4, -0.2) is 20.5 Å². The Morgan fingerprint density at radius 3 is 2.67 bits per heavy atom. The second-order valence-corrected chi connectivity index (χ2v) is 3.07. The molecule has 0 heterocycles. The molecule has 1 aromatic carbocycles. The van der Waals surface area contributed by atoms with Crippen molar-refractivity contribution in [3.63, 3.8) is 0 Å². The van der Waals surface area contributed by atoms with Crippen molar-refractivity contribution in [2.75, 3.05) is 14.2 Å². The van der Waals surface area contributed by atoms with Gasteiger partial charge in [-0.3, -0.25) is 0 Å². The first-order valence-electron chi connectivity index (χ1n) is 4.50. The molecule has 0 saturated heterocycles. The van der Waals surface area contributed by atoms with Crippen LogP contribution in [0.5, 0.6) is 5.75 Å². The lowest BCUT2D eigenvalue weighted by molar-refractivity contribution is -0.107. The van der Waals surface area contributed by atoms with Crippen molar-refractivity contribution in [1.29, 1.82) is 0 Å². The molecule has 82 valence electrons. The quantitative estimate of drug-likeness (QED) is 0.697. The van der Waals surface area contributed by atoms with E-state index in [-0.39, 0.29) is 18.8 Å². The van der Waals surface area contributed by atoms with Crippen LogP contribution < -0.4 is 4.74 Å². The molecule has 0 atom stereocenters. The first kappa shape index (κ1) is 11.7. The number of aldehydes is 1. The van der Waals surface area contributed by atoms with Crippen LogP contribution in [0.25, 0.3) is 0 Å². The average Bonchev–Trinajstić information content (AvgIpc) is 2.18. The average molecular weight is 212 g/mol. The molecule has 0 aromatic heterocycles. The minimum Gasteiger partial charge on any atom is -0.493 e. The Kier molecular flexibility index (Phi) is 4.24. The smallest absolute Gasteiger partial charge is 0.165 e. The molecular weight excluding hydrogens is 199 g/mol. The van der Waals surface area contributed by atoms with E-state index in [1.54, 1.807) is 6.07 Å². The highest BCUT2D eigenvalue weighted by atomic mass is 19.1. The van der Waals surface area contributed by atoms with Crippen molar-refractivity contribution in [2.45, 2.75) is 13.0 Å². The van der Waals surface area contributed by atoms with Gasteiger partial charge < -0.3 is 14.3 Å². The zero-order chi connectivity index (χ0) is 11.3. The van der Waals surface area contributed by atoms with E-state index in [0.717, 1.165) is 6.29 Å². The molecule has 0 unspecified atom stereocenters. The number of carbonyl (C=O) groups is 1. The van der Waals surface area contributed by atoms with Gasteiger partial charge in [0.25, 0.3) is 0 Å². The van der Waals surface area contributed by atoms with Gasteiger partial charge >= 0.3 is 0 Å². The SMILES string of the molecule is COCc1cc(CC=O)cc(F)c1OC. The van der Waals surface area contributed by atoms with E-state index in [9.17, 15) is 9.18 Å². The molecular formula is C11H13FO3. The van der Waals surface area contributed by atoms with E-state index in [2.05, 4.69) is 0 Å². The van der Waals surface area contributed by atoms with Crippen LogP contribution in [0, 0.1) is 5.82 Å². The highest BCUT2D eigenvalue weighted by molar-refractivity contribution is 5.56. The summed E-state index contributed by atoms with van der Waals surface area (Å²) in [6.45, 7) is 0.257. The molecule has 0 radical (unpaired) electrons. The normalized spacial score (nSPS) is 10.1. The van der Waals surface area contributed by atoms with Gasteiger partial charge in [-0.05, 0) is 17.7 Å². The Hall–Kier alpha value is -1.42. The Balaban J connectivity index is 3.12. The third-order valence-electron chi connectivity index (χ3n) is 2.00. The molecule has 0 saturated carbocycles. The van der Waals surface area contributed by atoms with Crippen molar-refractivity contribution < 1.29 is 18.7 Å². The predicted octanol–water partition coefficient (Wildman–Crippen LogP) is 1.72. The molecule has 4 heteroatoms. The number of benzene rings is 1. The first-order chi connectivity index (χ1) is 7.22. The predicted molar refractivity (Wildman–Crippen MR) is 53.4 cm³/mol. The van der Waals surface area contributed by atoms with Crippen molar-refractivity contribution in [3.8, 4) is 5.75 Å². The van der Waals surface area contributed by atoms with Gasteiger partial charge in [0, 0.05) is 19.1 Å². The highest BCUT2D eigenvalue weighted by Gasteiger charge is 2.11. The van der Waals surface area contributed by atoms with Gasteiger partial charge in [-0.2, -0.15) is 0 Å². The molecule has 0 spiro atoms. The first-order valence-corrected chi connectivity index (χ1v) is 4.50. The van der Waals surface area contributed by atoms with Gasteiger partial charge in [0.05, 0.1) is 13.7 Å². The van der Waals surface area contributed by atoms with E-state index in [4.69, 9.17) is 9.47 Å². The summed E-state index contributed by atoms with van der Waals surface area (Å²) in [4.78, 5) is 10.3. The topological polar surface area (TPSA) is 35.5 Å². The van der Waals surface area contributed by atoms with Crippen LogP contribution in [0.1, 0.15) is 11.1 Å². The zero-order valence-electron chi connectivity index (χ0n) is 8.75. The lowest BCUT2D eigenvalue weighted by atomic mass is 10.1. The summed E-state index contributed by atoms with van der Waals surface area (Å²) in [6, 6.07) is 3.01. The van der Waals surface area contributed by atoms with E-state index >= 15 is 0 Å². The summed E-state index contributed by atoms with van der Waals surface area (Å²) in [5, 5.41) is 0. The van der Waals surface area contributed by atoms with Gasteiger partial charge in [0.1, 0.15) is 6.29 Å². The van der Waals surface area contributed by atoms with E-state index in [1.807, 2.05) is 0 Å². The maximum Gasteiger partial charge on any atom is 0.165 e. The molecule has 0 N–H and O–H groups in total. The van der Waals surface area contributed by atoms with Gasteiger partial charge in [0.2, 0.25) is 0 Å². The summed E-state index contributed by atoms with van der Waals surface area (Å²) < 4.78 is 23.3. The maximum atomic E-state index is 13.5. The van der Waals surface area contributed by atoms with Gasteiger partial charge in [-0.25, -0.2) is 4.39 Å². The Bertz CT molecular complexity index is 350. The molecule has 1 aromatic rings. The summed E-state index contributed by atoms with van der Waals surface area (Å²) in [7, 11) is 2.92. The largest absolute Gasteiger partial charge is 0.493 e. The molecule has 0 aliphatic rings. The van der Waals surface area contributed by atoms with Crippen molar-refractivity contribution >= 4 is 6.29 Å². The third kappa shape index (κ3) is 2.76. The van der Waals surface area contributed by atoms with Gasteiger partial charge in [-0.1, -0.05) is 0 Å². The summed E-state index contributed by atoms with van der Waals surface area (Å²) >= 11 is 0. The number of methoxy groups -OCH3 is 2. The standard InChI is InChI=1S/C11H13FO3/c1-14-7-9-5-8(3-4-13)6-10(12)11(9)15-2/h4-6H,3,7H2,1-2H3. The molecule has 0 bridgehead atoms. The highest BCUT2D eigenvalue weighted by Crippen LogP contribution is 2.25. The Labute approximate surface area is 87.8 Å². The van der Waals surface area contributed by atoms with Gasteiger partial charge in [0.15, 0.2) is 11.6 Å². The fraction of sp³-hybridized carbons (Fsp3) is 0.364. The van der Waals surface area contributed by atoms with Crippen molar-refractivity contribution in [3.05, 3.63) is 29.1 Å². The summed E-state index contributed by atoms with van der Waals surface area (Å²) in [5.74, 6) is -0.296. The molecule has 0 fully saturated rings. The number of hydrogen-bond acceptors (Lipinski definition) is 3. The van der Waals surface area contributed by atoms with Crippen LogP contribution in [0.4, 0.5) is 4.39 Å². The van der Waals surface area contributed by atoms with Crippen molar-refractivity contribution in [1.82, 2.24) is 0 Å². The van der Waals surface area contributed by atoms with E-state index in [0.29, 0.717) is 11.1 Å². The van der Waals surface area contributed by atoms with Gasteiger partial charge in [-0.15, -0.1) is 0 Å². The summed E-state index contributed by atoms with van der Waals surface area (Å²) in [5.41, 5.74) is 1.23. The second-order valence-electron chi connectivity index (χ2n) is 3.07. The molecule has 3 nitrogen and oxygen atoms in total. The lowest BCUT2D eigenvalue weighted by Gasteiger charge is -2.10. The monoisotopic (exact) mass is 212 g/mol. The second kappa shape index (κ2) is 5.46. The molecule has 0 amide bonds. The minimum atomic E-state index is -0.469. The Morgan fingerprint density at radius 2 is 2.13 bits per heavy atom. The molecule has 0 aliphatic heterocycles. The van der Waals surface area contributed by atoms with Crippen LogP contribution in [0.15, 0.2) is 12.1 Å². The fourth-order valence-electron chi connectivity index (χ4n) is 1.42. The number of halogens is 1. The lowest BCUT2D eigenvalue weighted by Crippen LogP contribution is -2.00. The molecule has 1 rings (SSSR count). The van der Waals surface area contributed by atoms with Crippen LogP contribution >= 0.6 is 0 Å². The van der Waals surface area contributed by atoms with E-state index < -0.39 is 5.82 Å². The van der Waals surface area contributed by atoms with E-state index in [1.165, 1.54) is 20.3 Å². The maximum absolute atomic E-state index is 13.5. The van der Waals surface area contributed by atoms with Crippen molar-refractivity contribution in [2.24, 2.45) is 0 Å². The van der Waals surface area contributed by atoms with Crippen LogP contribution in [0.2, 0.25) is 0 Å². The zero-order valence-corrected chi connectivity index (χ0v) is 8.75. The van der Waals surface area contributed by atoms with Crippen LogP contribution in [0.3, 0.4) is 0 Å². The van der Waals surface area contributed by atoms with Crippen LogP contribution in [-0.2, 0) is 22.6 Å². The Morgan fingerprint density at radius 1 is 1.40 bits per heavy atom. The minimum absolute atomic E-state index is 0.173. The molecule has 15 heavy (non-hydrogen) atoms. The molecule has 0 aliphatic carbocycles. The number of ether oxygens (including phenoxy) is 2. The number of carbonyl (C=O) groups excluding carboxylic acids is 1.